The Hall–Kier alpha value is -3.08. The van der Waals surface area contributed by atoms with Gasteiger partial charge >= 0.3 is 11.9 Å². The minimum Gasteiger partial charge on any atom is -0.491 e. The number of carbonyl (C=O) groups excluding carboxylic acids is 2. The Bertz CT molecular complexity index is 747. The molecule has 0 saturated heterocycles. The van der Waals surface area contributed by atoms with Crippen molar-refractivity contribution in [1.29, 1.82) is 0 Å². The predicted octanol–water partition coefficient (Wildman–Crippen LogP) is 4.37. The van der Waals surface area contributed by atoms with Crippen LogP contribution in [-0.2, 0) is 14.3 Å². The van der Waals surface area contributed by atoms with Gasteiger partial charge in [0.1, 0.15) is 5.75 Å². The molecule has 0 amide bonds. The normalized spacial score (nSPS) is 11.3. The SMILES string of the molecule is C=CC(=O)OCOC(=O)c1ccc(-c2ccc(O[C@@H](C)CC)cc2)cc1. The van der Waals surface area contributed by atoms with Crippen LogP contribution in [-0.4, -0.2) is 24.8 Å². The minimum atomic E-state index is -0.645. The highest BCUT2D eigenvalue weighted by Gasteiger charge is 2.09. The summed E-state index contributed by atoms with van der Waals surface area (Å²) in [4.78, 5) is 22.8. The van der Waals surface area contributed by atoms with Crippen molar-refractivity contribution >= 4 is 11.9 Å². The van der Waals surface area contributed by atoms with Gasteiger partial charge in [0.2, 0.25) is 6.79 Å². The molecule has 5 heteroatoms. The summed E-state index contributed by atoms with van der Waals surface area (Å²) in [5.74, 6) is -0.378. The Kier molecular flexibility index (Phi) is 6.97. The lowest BCUT2D eigenvalue weighted by Crippen LogP contribution is -2.11. The molecule has 0 spiro atoms. The van der Waals surface area contributed by atoms with E-state index in [2.05, 4.69) is 18.2 Å². The Balaban J connectivity index is 1.97. The van der Waals surface area contributed by atoms with Gasteiger partial charge in [-0.25, -0.2) is 9.59 Å². The molecule has 0 aliphatic rings. The van der Waals surface area contributed by atoms with E-state index in [0.717, 1.165) is 29.4 Å². The van der Waals surface area contributed by atoms with Crippen LogP contribution in [0.5, 0.6) is 5.75 Å². The second kappa shape index (κ2) is 9.42. The van der Waals surface area contributed by atoms with Crippen LogP contribution in [0.25, 0.3) is 11.1 Å². The second-order valence-electron chi connectivity index (χ2n) is 5.66. The Morgan fingerprint density at radius 1 is 1.00 bits per heavy atom. The van der Waals surface area contributed by atoms with E-state index in [9.17, 15) is 9.59 Å². The molecule has 0 aliphatic carbocycles. The third-order valence-corrected chi connectivity index (χ3v) is 3.78. The van der Waals surface area contributed by atoms with E-state index < -0.39 is 18.7 Å². The van der Waals surface area contributed by atoms with Crippen molar-refractivity contribution in [1.82, 2.24) is 0 Å². The second-order valence-corrected chi connectivity index (χ2v) is 5.66. The van der Waals surface area contributed by atoms with Crippen LogP contribution in [0.15, 0.2) is 61.2 Å². The molecular formula is C21H22O5. The maximum absolute atomic E-state index is 11.9. The Morgan fingerprint density at radius 3 is 2.12 bits per heavy atom. The molecule has 0 saturated carbocycles. The monoisotopic (exact) mass is 354 g/mol. The highest BCUT2D eigenvalue weighted by molar-refractivity contribution is 5.90. The first-order valence-electron chi connectivity index (χ1n) is 8.37. The third-order valence-electron chi connectivity index (χ3n) is 3.78. The van der Waals surface area contributed by atoms with Gasteiger partial charge < -0.3 is 14.2 Å². The molecule has 2 aromatic carbocycles. The van der Waals surface area contributed by atoms with E-state index in [1.807, 2.05) is 43.3 Å². The zero-order chi connectivity index (χ0) is 18.9. The number of carbonyl (C=O) groups is 2. The van der Waals surface area contributed by atoms with E-state index in [0.29, 0.717) is 5.56 Å². The standard InChI is InChI=1S/C21H22O5/c1-4-15(3)26-19-12-10-17(11-13-19)16-6-8-18(9-7-16)21(23)25-14-24-20(22)5-2/h5-13,15H,2,4,14H2,1,3H3/t15-/m0/s1. The van der Waals surface area contributed by atoms with Gasteiger partial charge in [-0.3, -0.25) is 0 Å². The van der Waals surface area contributed by atoms with Crippen molar-refractivity contribution in [3.05, 3.63) is 66.7 Å². The van der Waals surface area contributed by atoms with E-state index in [-0.39, 0.29) is 6.10 Å². The number of hydrogen-bond donors (Lipinski definition) is 0. The lowest BCUT2D eigenvalue weighted by atomic mass is 10.0. The molecule has 0 N–H and O–H groups in total. The molecule has 136 valence electrons. The average molecular weight is 354 g/mol. The van der Waals surface area contributed by atoms with Crippen LogP contribution < -0.4 is 4.74 Å². The van der Waals surface area contributed by atoms with Crippen molar-refractivity contribution in [2.75, 3.05) is 6.79 Å². The summed E-state index contributed by atoms with van der Waals surface area (Å²) in [6, 6.07) is 14.8. The van der Waals surface area contributed by atoms with Crippen LogP contribution in [0.1, 0.15) is 30.6 Å². The van der Waals surface area contributed by atoms with Crippen LogP contribution in [0.3, 0.4) is 0 Å². The van der Waals surface area contributed by atoms with Gasteiger partial charge in [-0.2, -0.15) is 0 Å². The van der Waals surface area contributed by atoms with Crippen LogP contribution in [0.2, 0.25) is 0 Å². The zero-order valence-corrected chi connectivity index (χ0v) is 14.9. The van der Waals surface area contributed by atoms with Gasteiger partial charge in [0, 0.05) is 6.08 Å². The average Bonchev–Trinajstić information content (AvgIpc) is 2.68. The number of ether oxygens (including phenoxy) is 3. The number of hydrogen-bond acceptors (Lipinski definition) is 5. The fraction of sp³-hybridized carbons (Fsp3) is 0.238. The van der Waals surface area contributed by atoms with Crippen LogP contribution >= 0.6 is 0 Å². The molecule has 2 aromatic rings. The van der Waals surface area contributed by atoms with Gasteiger partial charge in [0.15, 0.2) is 0 Å². The predicted molar refractivity (Wildman–Crippen MR) is 98.8 cm³/mol. The molecule has 0 heterocycles. The Morgan fingerprint density at radius 2 is 1.58 bits per heavy atom. The number of rotatable bonds is 8. The van der Waals surface area contributed by atoms with E-state index in [1.54, 1.807) is 12.1 Å². The summed E-state index contributed by atoms with van der Waals surface area (Å²) in [5.41, 5.74) is 2.36. The fourth-order valence-corrected chi connectivity index (χ4v) is 2.12. The molecule has 0 unspecified atom stereocenters. The molecule has 2 rings (SSSR count). The quantitative estimate of drug-likeness (QED) is 0.400. The molecule has 0 aliphatic heterocycles. The van der Waals surface area contributed by atoms with E-state index >= 15 is 0 Å². The first-order chi connectivity index (χ1) is 12.5. The molecule has 1 atom stereocenters. The van der Waals surface area contributed by atoms with E-state index in [4.69, 9.17) is 9.47 Å². The van der Waals surface area contributed by atoms with Crippen LogP contribution in [0, 0.1) is 0 Å². The highest BCUT2D eigenvalue weighted by atomic mass is 16.7. The molecule has 0 radical (unpaired) electrons. The summed E-state index contributed by atoms with van der Waals surface area (Å²) in [6.45, 7) is 6.92. The molecular weight excluding hydrogens is 332 g/mol. The smallest absolute Gasteiger partial charge is 0.340 e. The van der Waals surface area contributed by atoms with Gasteiger partial charge in [-0.15, -0.1) is 0 Å². The maximum atomic E-state index is 11.9. The summed E-state index contributed by atoms with van der Waals surface area (Å²) in [7, 11) is 0. The van der Waals surface area contributed by atoms with Gasteiger partial charge in [0.25, 0.3) is 0 Å². The zero-order valence-electron chi connectivity index (χ0n) is 14.9. The summed E-state index contributed by atoms with van der Waals surface area (Å²) >= 11 is 0. The van der Waals surface area contributed by atoms with Gasteiger partial charge in [-0.05, 0) is 48.7 Å². The summed E-state index contributed by atoms with van der Waals surface area (Å²) in [6.07, 6.45) is 2.13. The molecule has 0 aromatic heterocycles. The van der Waals surface area contributed by atoms with Crippen molar-refractivity contribution in [2.45, 2.75) is 26.4 Å². The topological polar surface area (TPSA) is 61.8 Å². The van der Waals surface area contributed by atoms with Crippen molar-refractivity contribution in [2.24, 2.45) is 0 Å². The third kappa shape index (κ3) is 5.48. The Labute approximate surface area is 153 Å². The van der Waals surface area contributed by atoms with Crippen LogP contribution in [0.4, 0.5) is 0 Å². The molecule has 26 heavy (non-hydrogen) atoms. The molecule has 5 nitrogen and oxygen atoms in total. The number of benzene rings is 2. The summed E-state index contributed by atoms with van der Waals surface area (Å²) < 4.78 is 15.2. The van der Waals surface area contributed by atoms with Crippen molar-refractivity contribution < 1.29 is 23.8 Å². The fourth-order valence-electron chi connectivity index (χ4n) is 2.12. The van der Waals surface area contributed by atoms with Gasteiger partial charge in [0.05, 0.1) is 11.7 Å². The van der Waals surface area contributed by atoms with E-state index in [1.165, 1.54) is 0 Å². The number of esters is 2. The first-order valence-corrected chi connectivity index (χ1v) is 8.37. The van der Waals surface area contributed by atoms with Crippen molar-refractivity contribution in [3.8, 4) is 16.9 Å². The highest BCUT2D eigenvalue weighted by Crippen LogP contribution is 2.23. The van der Waals surface area contributed by atoms with Crippen molar-refractivity contribution in [3.63, 3.8) is 0 Å². The molecule has 0 fully saturated rings. The molecule has 0 bridgehead atoms. The maximum Gasteiger partial charge on any atom is 0.340 e. The minimum absolute atomic E-state index is 0.178. The lowest BCUT2D eigenvalue weighted by molar-refractivity contribution is -0.146. The van der Waals surface area contributed by atoms with Gasteiger partial charge in [-0.1, -0.05) is 37.8 Å². The first kappa shape index (κ1) is 19.2. The summed E-state index contributed by atoms with van der Waals surface area (Å²) in [5, 5.41) is 0. The largest absolute Gasteiger partial charge is 0.491 e. The lowest BCUT2D eigenvalue weighted by Gasteiger charge is -2.13.